The van der Waals surface area contributed by atoms with Crippen LogP contribution in [0.4, 0.5) is 0 Å². The van der Waals surface area contributed by atoms with Crippen LogP contribution in [0.15, 0.2) is 17.6 Å². The Morgan fingerprint density at radius 1 is 1.33 bits per heavy atom. The Labute approximate surface area is 123 Å². The largest absolute Gasteiger partial charge is 0.332 e. The fourth-order valence-electron chi connectivity index (χ4n) is 2.57. The van der Waals surface area contributed by atoms with E-state index in [4.69, 9.17) is 0 Å². The molecule has 0 bridgehead atoms. The highest BCUT2D eigenvalue weighted by molar-refractivity contribution is 7.89. The maximum atomic E-state index is 12.5. The van der Waals surface area contributed by atoms with E-state index in [9.17, 15) is 8.42 Å². The van der Waals surface area contributed by atoms with E-state index in [1.807, 2.05) is 6.92 Å². The maximum Gasteiger partial charge on any atom is 0.260 e. The molecule has 0 amide bonds. The molecule has 0 saturated carbocycles. The van der Waals surface area contributed by atoms with Crippen LogP contribution >= 0.6 is 0 Å². The summed E-state index contributed by atoms with van der Waals surface area (Å²) in [6.45, 7) is 2.89. The second-order valence-electron chi connectivity index (χ2n) is 5.10. The monoisotopic (exact) mass is 310 g/mol. The first-order chi connectivity index (χ1) is 10.1. The number of H-pyrrole nitrogens is 2. The summed E-state index contributed by atoms with van der Waals surface area (Å²) in [5, 5.41) is 6.88. The summed E-state index contributed by atoms with van der Waals surface area (Å²) in [7, 11) is -3.47. The van der Waals surface area contributed by atoms with Gasteiger partial charge in [0.1, 0.15) is 18.0 Å². The molecule has 0 aliphatic carbocycles. The molecule has 1 aliphatic heterocycles. The first-order valence-corrected chi connectivity index (χ1v) is 8.44. The number of imidazole rings is 1. The van der Waals surface area contributed by atoms with Crippen molar-refractivity contribution < 1.29 is 8.42 Å². The van der Waals surface area contributed by atoms with E-state index >= 15 is 0 Å². The molecule has 2 aromatic rings. The van der Waals surface area contributed by atoms with E-state index in [1.165, 1.54) is 16.8 Å². The molecule has 21 heavy (non-hydrogen) atoms. The van der Waals surface area contributed by atoms with Crippen LogP contribution in [0.25, 0.3) is 0 Å². The van der Waals surface area contributed by atoms with Gasteiger partial charge in [0, 0.05) is 25.4 Å². The molecular formula is C12H18N6O2S. The Morgan fingerprint density at radius 2 is 2.10 bits per heavy atom. The van der Waals surface area contributed by atoms with Crippen molar-refractivity contribution in [3.8, 4) is 0 Å². The normalized spacial score (nSPS) is 18.1. The van der Waals surface area contributed by atoms with Gasteiger partial charge < -0.3 is 4.98 Å². The van der Waals surface area contributed by atoms with Crippen LogP contribution in [0, 0.1) is 0 Å². The minimum atomic E-state index is -3.47. The van der Waals surface area contributed by atoms with Gasteiger partial charge in [0.05, 0.1) is 6.20 Å². The molecule has 9 heteroatoms. The van der Waals surface area contributed by atoms with Crippen molar-refractivity contribution in [2.75, 3.05) is 13.1 Å². The SMILES string of the molecule is CCc1ncc(S(=O)(=O)N2CCC(c3ncn[nH]3)CC2)[nH]1. The van der Waals surface area contributed by atoms with Crippen LogP contribution in [-0.2, 0) is 16.4 Å². The van der Waals surface area contributed by atoms with Crippen molar-refractivity contribution in [2.24, 2.45) is 0 Å². The summed E-state index contributed by atoms with van der Waals surface area (Å²) in [6, 6.07) is 0. The standard InChI is InChI=1S/C12H18N6O2S/c1-2-10-13-7-11(16-10)21(19,20)18-5-3-9(4-6-18)12-14-8-15-17-12/h7-9H,2-6H2,1H3,(H,13,16)(H,14,15,17). The predicted molar refractivity (Wildman–Crippen MR) is 75.1 cm³/mol. The molecule has 8 nitrogen and oxygen atoms in total. The summed E-state index contributed by atoms with van der Waals surface area (Å²) in [5.74, 6) is 1.76. The van der Waals surface area contributed by atoms with Gasteiger partial charge in [-0.3, -0.25) is 5.10 Å². The maximum absolute atomic E-state index is 12.5. The average Bonchev–Trinajstić information content (AvgIpc) is 3.19. The second kappa shape index (κ2) is 5.57. The molecule has 2 aromatic heterocycles. The zero-order chi connectivity index (χ0) is 14.9. The van der Waals surface area contributed by atoms with Gasteiger partial charge in [-0.1, -0.05) is 6.92 Å². The summed E-state index contributed by atoms with van der Waals surface area (Å²) < 4.78 is 26.6. The first-order valence-electron chi connectivity index (χ1n) is 7.00. The number of aromatic nitrogens is 5. The van der Waals surface area contributed by atoms with Gasteiger partial charge in [-0.2, -0.15) is 9.40 Å². The number of hydrogen-bond donors (Lipinski definition) is 2. The highest BCUT2D eigenvalue weighted by Crippen LogP contribution is 2.28. The van der Waals surface area contributed by atoms with Crippen molar-refractivity contribution in [3.05, 3.63) is 24.2 Å². The molecule has 1 aliphatic rings. The molecule has 0 radical (unpaired) electrons. The molecule has 1 fully saturated rings. The van der Waals surface area contributed by atoms with Gasteiger partial charge in [-0.15, -0.1) is 0 Å². The third kappa shape index (κ3) is 2.70. The number of aryl methyl sites for hydroxylation is 1. The second-order valence-corrected chi connectivity index (χ2v) is 7.00. The van der Waals surface area contributed by atoms with Gasteiger partial charge in [0.2, 0.25) is 0 Å². The molecule has 1 saturated heterocycles. The molecule has 114 valence electrons. The Hall–Kier alpha value is -1.74. The lowest BCUT2D eigenvalue weighted by atomic mass is 9.98. The molecule has 0 spiro atoms. The topological polar surface area (TPSA) is 108 Å². The van der Waals surface area contributed by atoms with Crippen LogP contribution < -0.4 is 0 Å². The molecule has 0 atom stereocenters. The summed E-state index contributed by atoms with van der Waals surface area (Å²) >= 11 is 0. The summed E-state index contributed by atoms with van der Waals surface area (Å²) in [6.07, 6.45) is 5.04. The number of rotatable bonds is 4. The lowest BCUT2D eigenvalue weighted by Gasteiger charge is -2.29. The molecule has 0 aromatic carbocycles. The van der Waals surface area contributed by atoms with Crippen molar-refractivity contribution in [1.29, 1.82) is 0 Å². The first kappa shape index (κ1) is 14.2. The van der Waals surface area contributed by atoms with Gasteiger partial charge in [0.15, 0.2) is 5.03 Å². The Morgan fingerprint density at radius 3 is 2.67 bits per heavy atom. The lowest BCUT2D eigenvalue weighted by molar-refractivity contribution is 0.313. The summed E-state index contributed by atoms with van der Waals surface area (Å²) in [4.78, 5) is 11.1. The van der Waals surface area contributed by atoms with Crippen LogP contribution in [0.2, 0.25) is 0 Å². The zero-order valence-electron chi connectivity index (χ0n) is 11.8. The third-order valence-electron chi connectivity index (χ3n) is 3.83. The molecule has 3 heterocycles. The lowest BCUT2D eigenvalue weighted by Crippen LogP contribution is -2.38. The fraction of sp³-hybridized carbons (Fsp3) is 0.583. The number of sulfonamides is 1. The van der Waals surface area contributed by atoms with Gasteiger partial charge in [-0.05, 0) is 12.8 Å². The Kier molecular flexibility index (Phi) is 3.77. The van der Waals surface area contributed by atoms with Crippen molar-refractivity contribution >= 4 is 10.0 Å². The molecule has 0 unspecified atom stereocenters. The van der Waals surface area contributed by atoms with Crippen LogP contribution in [-0.4, -0.2) is 51.0 Å². The van der Waals surface area contributed by atoms with E-state index in [0.29, 0.717) is 25.3 Å². The average molecular weight is 310 g/mol. The Balaban J connectivity index is 1.71. The van der Waals surface area contributed by atoms with Gasteiger partial charge in [0.25, 0.3) is 10.0 Å². The van der Waals surface area contributed by atoms with Gasteiger partial charge >= 0.3 is 0 Å². The smallest absolute Gasteiger partial charge is 0.260 e. The van der Waals surface area contributed by atoms with Crippen LogP contribution in [0.5, 0.6) is 0 Å². The quantitative estimate of drug-likeness (QED) is 0.862. The van der Waals surface area contributed by atoms with Crippen LogP contribution in [0.1, 0.15) is 37.3 Å². The van der Waals surface area contributed by atoms with E-state index < -0.39 is 10.0 Å². The molecular weight excluding hydrogens is 292 g/mol. The van der Waals surface area contributed by atoms with E-state index in [0.717, 1.165) is 18.7 Å². The van der Waals surface area contributed by atoms with E-state index in [2.05, 4.69) is 25.1 Å². The summed E-state index contributed by atoms with van der Waals surface area (Å²) in [5.41, 5.74) is 0. The highest BCUT2D eigenvalue weighted by Gasteiger charge is 2.31. The predicted octanol–water partition coefficient (Wildman–Crippen LogP) is 0.658. The molecule has 3 rings (SSSR count). The molecule has 2 N–H and O–H groups in total. The zero-order valence-corrected chi connectivity index (χ0v) is 12.6. The number of hydrogen-bond acceptors (Lipinski definition) is 5. The van der Waals surface area contributed by atoms with Crippen molar-refractivity contribution in [2.45, 2.75) is 37.1 Å². The third-order valence-corrected chi connectivity index (χ3v) is 5.64. The minimum Gasteiger partial charge on any atom is -0.332 e. The number of aromatic amines is 2. The van der Waals surface area contributed by atoms with Gasteiger partial charge in [-0.25, -0.2) is 18.4 Å². The van der Waals surface area contributed by atoms with Crippen molar-refractivity contribution in [3.63, 3.8) is 0 Å². The number of nitrogens with zero attached hydrogens (tertiary/aromatic N) is 4. The number of nitrogens with one attached hydrogen (secondary N) is 2. The fourth-order valence-corrected chi connectivity index (χ4v) is 3.98. The van der Waals surface area contributed by atoms with Crippen LogP contribution in [0.3, 0.4) is 0 Å². The minimum absolute atomic E-state index is 0.178. The van der Waals surface area contributed by atoms with Crippen molar-refractivity contribution in [1.82, 2.24) is 29.5 Å². The van der Waals surface area contributed by atoms with E-state index in [1.54, 1.807) is 0 Å². The highest BCUT2D eigenvalue weighted by atomic mass is 32.2. The van der Waals surface area contributed by atoms with E-state index in [-0.39, 0.29) is 10.9 Å². The Bertz CT molecular complexity index is 685. The number of piperidine rings is 1.